The third kappa shape index (κ3) is 3.65. The van der Waals surface area contributed by atoms with Gasteiger partial charge in [0, 0.05) is 12.0 Å². The van der Waals surface area contributed by atoms with Crippen molar-refractivity contribution in [2.45, 2.75) is 53.1 Å². The predicted molar refractivity (Wildman–Crippen MR) is 57.5 cm³/mol. The van der Waals surface area contributed by atoms with Crippen molar-refractivity contribution in [1.29, 1.82) is 0 Å². The SMILES string of the molecule is CC(C)CCC(C)(O)C(C)(C)CN. The molecule has 1 unspecified atom stereocenters. The van der Waals surface area contributed by atoms with Crippen LogP contribution in [0.1, 0.15) is 47.5 Å². The van der Waals surface area contributed by atoms with E-state index in [1.807, 2.05) is 20.8 Å². The first-order chi connectivity index (χ1) is 5.73. The Hall–Kier alpha value is -0.0800. The quantitative estimate of drug-likeness (QED) is 0.693. The van der Waals surface area contributed by atoms with Crippen molar-refractivity contribution >= 4 is 0 Å². The lowest BCUT2D eigenvalue weighted by Gasteiger charge is -2.39. The Balaban J connectivity index is 4.22. The molecule has 0 aliphatic heterocycles. The minimum atomic E-state index is -0.647. The summed E-state index contributed by atoms with van der Waals surface area (Å²) in [5.74, 6) is 0.639. The van der Waals surface area contributed by atoms with Crippen molar-refractivity contribution in [3.63, 3.8) is 0 Å². The van der Waals surface area contributed by atoms with Crippen LogP contribution in [-0.4, -0.2) is 17.3 Å². The average Bonchev–Trinajstić information content (AvgIpc) is 2.01. The van der Waals surface area contributed by atoms with Crippen molar-refractivity contribution in [2.75, 3.05) is 6.54 Å². The standard InChI is InChI=1S/C11H25NO/c1-9(2)6-7-11(5,13)10(3,4)8-12/h9,13H,6-8,12H2,1-5H3. The van der Waals surface area contributed by atoms with Crippen LogP contribution in [0.5, 0.6) is 0 Å². The van der Waals surface area contributed by atoms with Gasteiger partial charge in [0.25, 0.3) is 0 Å². The second kappa shape index (κ2) is 4.43. The molecule has 0 amide bonds. The van der Waals surface area contributed by atoms with Gasteiger partial charge in [-0.05, 0) is 25.7 Å². The van der Waals surface area contributed by atoms with Crippen LogP contribution >= 0.6 is 0 Å². The summed E-state index contributed by atoms with van der Waals surface area (Å²) in [5.41, 5.74) is 4.80. The minimum Gasteiger partial charge on any atom is -0.390 e. The molecule has 0 bridgehead atoms. The highest BCUT2D eigenvalue weighted by Gasteiger charge is 2.37. The lowest BCUT2D eigenvalue weighted by Crippen LogP contribution is -2.46. The smallest absolute Gasteiger partial charge is 0.0682 e. The molecule has 1 atom stereocenters. The van der Waals surface area contributed by atoms with Gasteiger partial charge in [-0.1, -0.05) is 27.7 Å². The highest BCUT2D eigenvalue weighted by atomic mass is 16.3. The third-order valence-corrected chi connectivity index (χ3v) is 3.18. The van der Waals surface area contributed by atoms with Crippen molar-refractivity contribution in [2.24, 2.45) is 17.1 Å². The molecule has 0 spiro atoms. The molecule has 0 aromatic carbocycles. The average molecular weight is 187 g/mol. The van der Waals surface area contributed by atoms with E-state index in [-0.39, 0.29) is 5.41 Å². The summed E-state index contributed by atoms with van der Waals surface area (Å²) < 4.78 is 0. The van der Waals surface area contributed by atoms with Gasteiger partial charge in [-0.2, -0.15) is 0 Å². The Labute approximate surface area is 82.5 Å². The third-order valence-electron chi connectivity index (χ3n) is 3.18. The fourth-order valence-corrected chi connectivity index (χ4v) is 1.13. The summed E-state index contributed by atoms with van der Waals surface area (Å²) in [6.45, 7) is 10.8. The van der Waals surface area contributed by atoms with Crippen molar-refractivity contribution in [3.8, 4) is 0 Å². The fraction of sp³-hybridized carbons (Fsp3) is 1.00. The molecule has 0 aromatic rings. The molecule has 0 fully saturated rings. The Morgan fingerprint density at radius 2 is 1.69 bits per heavy atom. The maximum atomic E-state index is 10.2. The molecule has 2 heteroatoms. The number of hydrogen-bond acceptors (Lipinski definition) is 2. The van der Waals surface area contributed by atoms with E-state index >= 15 is 0 Å². The number of rotatable bonds is 5. The van der Waals surface area contributed by atoms with Crippen LogP contribution in [-0.2, 0) is 0 Å². The van der Waals surface area contributed by atoms with Crippen molar-refractivity contribution < 1.29 is 5.11 Å². The molecule has 3 N–H and O–H groups in total. The Morgan fingerprint density at radius 1 is 1.23 bits per heavy atom. The fourth-order valence-electron chi connectivity index (χ4n) is 1.13. The zero-order chi connectivity index (χ0) is 10.7. The molecule has 0 saturated carbocycles. The van der Waals surface area contributed by atoms with Gasteiger partial charge in [0.2, 0.25) is 0 Å². The molecule has 0 heterocycles. The molecule has 13 heavy (non-hydrogen) atoms. The van der Waals surface area contributed by atoms with Crippen LogP contribution in [0, 0.1) is 11.3 Å². The summed E-state index contributed by atoms with van der Waals surface area (Å²) >= 11 is 0. The Bertz CT molecular complexity index is 150. The predicted octanol–water partition coefficient (Wildman–Crippen LogP) is 2.16. The van der Waals surface area contributed by atoms with E-state index in [2.05, 4.69) is 13.8 Å². The maximum Gasteiger partial charge on any atom is 0.0682 e. The number of nitrogens with two attached hydrogens (primary N) is 1. The molecule has 0 rings (SSSR count). The zero-order valence-electron chi connectivity index (χ0n) is 9.72. The largest absolute Gasteiger partial charge is 0.390 e. The van der Waals surface area contributed by atoms with Crippen LogP contribution < -0.4 is 5.73 Å². The first-order valence-electron chi connectivity index (χ1n) is 5.15. The highest BCUT2D eigenvalue weighted by Crippen LogP contribution is 2.34. The van der Waals surface area contributed by atoms with E-state index in [1.165, 1.54) is 0 Å². The van der Waals surface area contributed by atoms with Crippen LogP contribution in [0.15, 0.2) is 0 Å². The summed E-state index contributed by atoms with van der Waals surface area (Å²) in [6.07, 6.45) is 1.88. The molecule has 0 aliphatic carbocycles. The lowest BCUT2D eigenvalue weighted by molar-refractivity contribution is -0.0561. The van der Waals surface area contributed by atoms with Gasteiger partial charge in [0.05, 0.1) is 5.60 Å². The van der Waals surface area contributed by atoms with Gasteiger partial charge in [-0.3, -0.25) is 0 Å². The first-order valence-corrected chi connectivity index (χ1v) is 5.15. The van der Waals surface area contributed by atoms with E-state index < -0.39 is 5.60 Å². The Kier molecular flexibility index (Phi) is 4.40. The molecular formula is C11H25NO. The molecule has 0 radical (unpaired) electrons. The van der Waals surface area contributed by atoms with E-state index in [0.717, 1.165) is 12.8 Å². The van der Waals surface area contributed by atoms with Gasteiger partial charge >= 0.3 is 0 Å². The van der Waals surface area contributed by atoms with Gasteiger partial charge in [0.1, 0.15) is 0 Å². The van der Waals surface area contributed by atoms with Gasteiger partial charge in [0.15, 0.2) is 0 Å². The second-order valence-corrected chi connectivity index (χ2v) is 5.29. The van der Waals surface area contributed by atoms with E-state index in [4.69, 9.17) is 5.73 Å². The maximum absolute atomic E-state index is 10.2. The summed E-state index contributed by atoms with van der Waals surface area (Å²) in [5, 5.41) is 10.2. The van der Waals surface area contributed by atoms with Gasteiger partial charge in [-0.15, -0.1) is 0 Å². The first kappa shape index (κ1) is 12.9. The van der Waals surface area contributed by atoms with Crippen molar-refractivity contribution in [3.05, 3.63) is 0 Å². The highest BCUT2D eigenvalue weighted by molar-refractivity contribution is 4.90. The van der Waals surface area contributed by atoms with Crippen LogP contribution in [0.25, 0.3) is 0 Å². The number of hydrogen-bond donors (Lipinski definition) is 2. The molecule has 0 saturated heterocycles. The van der Waals surface area contributed by atoms with E-state index in [1.54, 1.807) is 0 Å². The van der Waals surface area contributed by atoms with Crippen LogP contribution in [0.4, 0.5) is 0 Å². The normalized spacial score (nSPS) is 17.5. The van der Waals surface area contributed by atoms with E-state index in [9.17, 15) is 5.11 Å². The summed E-state index contributed by atoms with van der Waals surface area (Å²) in [4.78, 5) is 0. The topological polar surface area (TPSA) is 46.2 Å². The number of aliphatic hydroxyl groups is 1. The monoisotopic (exact) mass is 187 g/mol. The molecule has 2 nitrogen and oxygen atoms in total. The summed E-state index contributed by atoms with van der Waals surface area (Å²) in [7, 11) is 0. The molecule has 80 valence electrons. The Morgan fingerprint density at radius 3 is 2.00 bits per heavy atom. The van der Waals surface area contributed by atoms with Gasteiger partial charge < -0.3 is 10.8 Å². The van der Waals surface area contributed by atoms with Gasteiger partial charge in [-0.25, -0.2) is 0 Å². The molecule has 0 aromatic heterocycles. The van der Waals surface area contributed by atoms with E-state index in [0.29, 0.717) is 12.5 Å². The zero-order valence-corrected chi connectivity index (χ0v) is 9.72. The minimum absolute atomic E-state index is 0.193. The lowest BCUT2D eigenvalue weighted by atomic mass is 9.73. The molecule has 0 aliphatic rings. The van der Waals surface area contributed by atoms with Crippen molar-refractivity contribution in [1.82, 2.24) is 0 Å². The summed E-state index contributed by atoms with van der Waals surface area (Å²) in [6, 6.07) is 0. The second-order valence-electron chi connectivity index (χ2n) is 5.29. The van der Waals surface area contributed by atoms with Crippen LogP contribution in [0.2, 0.25) is 0 Å². The molecular weight excluding hydrogens is 162 g/mol. The van der Waals surface area contributed by atoms with Crippen LogP contribution in [0.3, 0.4) is 0 Å².